The molecule has 0 fully saturated rings. The van der Waals surface area contributed by atoms with Crippen LogP contribution in [0.25, 0.3) is 0 Å². The molecule has 0 aromatic heterocycles. The minimum atomic E-state index is -1.42. The van der Waals surface area contributed by atoms with Gasteiger partial charge in [0.1, 0.15) is 6.10 Å². The van der Waals surface area contributed by atoms with Gasteiger partial charge >= 0.3 is 5.97 Å². The van der Waals surface area contributed by atoms with Gasteiger partial charge in [-0.2, -0.15) is 0 Å². The first-order chi connectivity index (χ1) is 9.81. The van der Waals surface area contributed by atoms with Crippen LogP contribution in [-0.4, -0.2) is 16.2 Å². The predicted molar refractivity (Wildman–Crippen MR) is 73.3 cm³/mol. The molecule has 5 heteroatoms. The molecule has 0 bridgehead atoms. The van der Waals surface area contributed by atoms with E-state index in [9.17, 15) is 18.7 Å². The fraction of sp³-hybridized carbons (Fsp3) is 0.188. The monoisotopic (exact) mass is 292 g/mol. The SMILES string of the molecule is Cc1ccc(C(O)c2cc(F)c(F)cc2C(=O)O)c(C)c1. The van der Waals surface area contributed by atoms with Crippen molar-refractivity contribution in [2.75, 3.05) is 0 Å². The Morgan fingerprint density at radius 3 is 2.24 bits per heavy atom. The normalized spacial score (nSPS) is 12.2. The summed E-state index contributed by atoms with van der Waals surface area (Å²) in [6.07, 6.45) is -1.34. The van der Waals surface area contributed by atoms with Crippen molar-refractivity contribution in [1.82, 2.24) is 0 Å². The molecule has 0 aliphatic heterocycles. The second-order valence-corrected chi connectivity index (χ2v) is 4.92. The number of carboxylic acid groups (broad SMARTS) is 1. The number of aryl methyl sites for hydroxylation is 2. The van der Waals surface area contributed by atoms with Gasteiger partial charge in [0, 0.05) is 5.56 Å². The van der Waals surface area contributed by atoms with Gasteiger partial charge in [0.2, 0.25) is 0 Å². The number of benzene rings is 2. The second kappa shape index (κ2) is 5.61. The fourth-order valence-electron chi connectivity index (χ4n) is 2.27. The standard InChI is InChI=1S/C16H14F2O3/c1-8-3-4-10(9(2)5-8)15(19)11-6-13(17)14(18)7-12(11)16(20)21/h3-7,15,19H,1-2H3,(H,20,21). The molecule has 2 aromatic carbocycles. The van der Waals surface area contributed by atoms with Gasteiger partial charge < -0.3 is 10.2 Å². The largest absolute Gasteiger partial charge is 0.478 e. The molecule has 0 aliphatic rings. The second-order valence-electron chi connectivity index (χ2n) is 4.92. The molecule has 0 saturated carbocycles. The summed E-state index contributed by atoms with van der Waals surface area (Å²) in [6.45, 7) is 3.63. The van der Waals surface area contributed by atoms with Crippen molar-refractivity contribution in [2.45, 2.75) is 20.0 Å². The lowest BCUT2D eigenvalue weighted by molar-refractivity contribution is 0.0690. The molecular formula is C16H14F2O3. The Bertz CT molecular complexity index is 711. The molecule has 2 aromatic rings. The molecule has 0 saturated heterocycles. The Kier molecular flexibility index (Phi) is 4.04. The molecule has 0 amide bonds. The van der Waals surface area contributed by atoms with Crippen LogP contribution in [0, 0.1) is 25.5 Å². The molecule has 1 unspecified atom stereocenters. The van der Waals surface area contributed by atoms with Gasteiger partial charge in [0.05, 0.1) is 5.56 Å². The van der Waals surface area contributed by atoms with E-state index < -0.39 is 29.3 Å². The van der Waals surface area contributed by atoms with E-state index in [4.69, 9.17) is 5.11 Å². The number of aliphatic hydroxyl groups is 1. The Hall–Kier alpha value is -2.27. The third-order valence-electron chi connectivity index (χ3n) is 3.34. The van der Waals surface area contributed by atoms with Crippen molar-refractivity contribution >= 4 is 5.97 Å². The van der Waals surface area contributed by atoms with Gasteiger partial charge in [-0.25, -0.2) is 13.6 Å². The summed E-state index contributed by atoms with van der Waals surface area (Å²) in [5.74, 6) is -3.88. The number of carbonyl (C=O) groups is 1. The van der Waals surface area contributed by atoms with Crippen molar-refractivity contribution < 1.29 is 23.8 Å². The van der Waals surface area contributed by atoms with Crippen molar-refractivity contribution in [3.8, 4) is 0 Å². The summed E-state index contributed by atoms with van der Waals surface area (Å²) >= 11 is 0. The number of carboxylic acids is 1. The Morgan fingerprint density at radius 1 is 1.05 bits per heavy atom. The van der Waals surface area contributed by atoms with Gasteiger partial charge in [0.25, 0.3) is 0 Å². The maximum absolute atomic E-state index is 13.4. The molecule has 2 rings (SSSR count). The van der Waals surface area contributed by atoms with Crippen LogP contribution in [0.15, 0.2) is 30.3 Å². The lowest BCUT2D eigenvalue weighted by Gasteiger charge is -2.17. The molecule has 3 nitrogen and oxygen atoms in total. The van der Waals surface area contributed by atoms with Gasteiger partial charge in [-0.3, -0.25) is 0 Å². The number of hydrogen-bond donors (Lipinski definition) is 2. The highest BCUT2D eigenvalue weighted by Gasteiger charge is 2.22. The molecule has 0 aliphatic carbocycles. The molecule has 0 spiro atoms. The van der Waals surface area contributed by atoms with Crippen LogP contribution in [-0.2, 0) is 0 Å². The van der Waals surface area contributed by atoms with Gasteiger partial charge in [-0.15, -0.1) is 0 Å². The lowest BCUT2D eigenvalue weighted by Crippen LogP contribution is -2.11. The predicted octanol–water partition coefficient (Wildman–Crippen LogP) is 3.36. The summed E-state index contributed by atoms with van der Waals surface area (Å²) in [5, 5.41) is 19.4. The topological polar surface area (TPSA) is 57.5 Å². The van der Waals surface area contributed by atoms with Crippen LogP contribution in [0.5, 0.6) is 0 Å². The third-order valence-corrected chi connectivity index (χ3v) is 3.34. The molecule has 2 N–H and O–H groups in total. The van der Waals surface area contributed by atoms with Crippen molar-refractivity contribution in [3.05, 3.63) is 69.8 Å². The lowest BCUT2D eigenvalue weighted by atomic mass is 9.93. The van der Waals surface area contributed by atoms with Crippen LogP contribution < -0.4 is 0 Å². The fourth-order valence-corrected chi connectivity index (χ4v) is 2.27. The summed E-state index contributed by atoms with van der Waals surface area (Å²) in [5.41, 5.74) is 1.54. The maximum atomic E-state index is 13.4. The number of hydrogen-bond acceptors (Lipinski definition) is 2. The van der Waals surface area contributed by atoms with E-state index in [0.717, 1.165) is 17.2 Å². The highest BCUT2D eigenvalue weighted by molar-refractivity contribution is 5.89. The van der Waals surface area contributed by atoms with E-state index >= 15 is 0 Å². The smallest absolute Gasteiger partial charge is 0.336 e. The molecule has 0 heterocycles. The summed E-state index contributed by atoms with van der Waals surface area (Å²) in [4.78, 5) is 11.2. The van der Waals surface area contributed by atoms with Gasteiger partial charge in [-0.05, 0) is 37.1 Å². The number of halogens is 2. The minimum absolute atomic E-state index is 0.173. The molecule has 0 radical (unpaired) electrons. The van der Waals surface area contributed by atoms with E-state index in [1.807, 2.05) is 13.0 Å². The quantitative estimate of drug-likeness (QED) is 0.912. The van der Waals surface area contributed by atoms with Crippen molar-refractivity contribution in [3.63, 3.8) is 0 Å². The summed E-state index contributed by atoms with van der Waals surface area (Å²) < 4.78 is 26.6. The van der Waals surface area contributed by atoms with Crippen LogP contribution in [0.1, 0.15) is 38.7 Å². The van der Waals surface area contributed by atoms with E-state index in [0.29, 0.717) is 11.6 Å². The molecule has 1 atom stereocenters. The van der Waals surface area contributed by atoms with E-state index in [1.54, 1.807) is 19.1 Å². The first-order valence-electron chi connectivity index (χ1n) is 6.28. The molecule has 110 valence electrons. The van der Waals surface area contributed by atoms with E-state index in [-0.39, 0.29) is 5.56 Å². The van der Waals surface area contributed by atoms with Crippen LogP contribution in [0.3, 0.4) is 0 Å². The minimum Gasteiger partial charge on any atom is -0.478 e. The number of aromatic carboxylic acids is 1. The number of rotatable bonds is 3. The molecule has 21 heavy (non-hydrogen) atoms. The number of aliphatic hydroxyl groups excluding tert-OH is 1. The van der Waals surface area contributed by atoms with E-state index in [2.05, 4.69) is 0 Å². The Morgan fingerprint density at radius 2 is 1.67 bits per heavy atom. The zero-order chi connectivity index (χ0) is 15.7. The average molecular weight is 292 g/mol. The first-order valence-corrected chi connectivity index (χ1v) is 6.28. The summed E-state index contributed by atoms with van der Waals surface area (Å²) in [6, 6.07) is 6.52. The zero-order valence-electron chi connectivity index (χ0n) is 11.5. The Labute approximate surface area is 120 Å². The highest BCUT2D eigenvalue weighted by Crippen LogP contribution is 2.29. The molecular weight excluding hydrogens is 278 g/mol. The van der Waals surface area contributed by atoms with Crippen LogP contribution in [0.2, 0.25) is 0 Å². The van der Waals surface area contributed by atoms with Gasteiger partial charge in [0.15, 0.2) is 11.6 Å². The highest BCUT2D eigenvalue weighted by atomic mass is 19.2. The van der Waals surface area contributed by atoms with Crippen LogP contribution in [0.4, 0.5) is 8.78 Å². The Balaban J connectivity index is 2.59. The average Bonchev–Trinajstić information content (AvgIpc) is 2.40. The van der Waals surface area contributed by atoms with Gasteiger partial charge in [-0.1, -0.05) is 23.8 Å². The van der Waals surface area contributed by atoms with Crippen molar-refractivity contribution in [2.24, 2.45) is 0 Å². The first kappa shape index (κ1) is 15.1. The third kappa shape index (κ3) is 2.92. The summed E-state index contributed by atoms with van der Waals surface area (Å²) in [7, 11) is 0. The van der Waals surface area contributed by atoms with Crippen LogP contribution >= 0.6 is 0 Å². The maximum Gasteiger partial charge on any atom is 0.336 e. The van der Waals surface area contributed by atoms with Crippen molar-refractivity contribution in [1.29, 1.82) is 0 Å². The van der Waals surface area contributed by atoms with E-state index in [1.165, 1.54) is 0 Å². The zero-order valence-corrected chi connectivity index (χ0v) is 11.5.